The lowest BCUT2D eigenvalue weighted by Gasteiger charge is -2.48. The van der Waals surface area contributed by atoms with Crippen molar-refractivity contribution in [3.8, 4) is 0 Å². The molecule has 3 rings (SSSR count). The van der Waals surface area contributed by atoms with Gasteiger partial charge >= 0.3 is 0 Å². The van der Waals surface area contributed by atoms with Crippen molar-refractivity contribution < 1.29 is 9.84 Å². The van der Waals surface area contributed by atoms with Crippen LogP contribution in [0.1, 0.15) is 45.6 Å². The lowest BCUT2D eigenvalue weighted by Crippen LogP contribution is -2.55. The van der Waals surface area contributed by atoms with Gasteiger partial charge in [0.25, 0.3) is 0 Å². The van der Waals surface area contributed by atoms with Crippen molar-refractivity contribution in [2.45, 2.75) is 58.2 Å². The minimum Gasteiger partial charge on any atom is -0.389 e. The minimum atomic E-state index is -0.540. The Kier molecular flexibility index (Phi) is 5.92. The average Bonchev–Trinajstić information content (AvgIpc) is 2.60. The largest absolute Gasteiger partial charge is 0.389 e. The monoisotopic (exact) mass is 348 g/mol. The van der Waals surface area contributed by atoms with Gasteiger partial charge in [-0.15, -0.1) is 0 Å². The number of rotatable bonds is 5. The van der Waals surface area contributed by atoms with Crippen molar-refractivity contribution >= 4 is 5.95 Å². The first-order valence-corrected chi connectivity index (χ1v) is 9.57. The van der Waals surface area contributed by atoms with Gasteiger partial charge in [-0.2, -0.15) is 0 Å². The summed E-state index contributed by atoms with van der Waals surface area (Å²) in [7, 11) is 0. The Bertz CT molecular complexity index is 545. The third kappa shape index (κ3) is 4.49. The van der Waals surface area contributed by atoms with E-state index in [4.69, 9.17) is 4.74 Å². The number of hydrogen-bond donors (Lipinski definition) is 2. The molecule has 3 heterocycles. The molecule has 1 aromatic rings. The van der Waals surface area contributed by atoms with Gasteiger partial charge in [0.05, 0.1) is 5.60 Å². The second-order valence-corrected chi connectivity index (χ2v) is 7.98. The molecule has 0 bridgehead atoms. The summed E-state index contributed by atoms with van der Waals surface area (Å²) in [6, 6.07) is 0.330. The summed E-state index contributed by atoms with van der Waals surface area (Å²) in [6.45, 7) is 10.6. The van der Waals surface area contributed by atoms with Crippen LogP contribution in [0.4, 0.5) is 5.95 Å². The molecule has 0 radical (unpaired) electrons. The summed E-state index contributed by atoms with van der Waals surface area (Å²) in [5, 5.41) is 14.5. The normalized spacial score (nSPS) is 29.1. The molecule has 0 unspecified atom stereocenters. The Morgan fingerprint density at radius 1 is 1.32 bits per heavy atom. The molecule has 2 saturated heterocycles. The SMILES string of the molecule is CC(C)Nc1ncc(CN2CC[C@@](O)(C3CCOCC3)[C@H](C)C2)cn1. The standard InChI is InChI=1S/C19H32N4O2/c1-14(2)22-18-20-10-16(11-21-18)13-23-7-6-19(24,15(3)12-23)17-4-8-25-9-5-17/h10-11,14-15,17,24H,4-9,12-13H2,1-3H3,(H,20,21,22)/t15-,19+/m1/s1. The van der Waals surface area contributed by atoms with Gasteiger partial charge in [-0.1, -0.05) is 6.92 Å². The van der Waals surface area contributed by atoms with Crippen LogP contribution in [0.5, 0.6) is 0 Å². The van der Waals surface area contributed by atoms with Crippen molar-refractivity contribution in [2.75, 3.05) is 31.6 Å². The third-order valence-corrected chi connectivity index (χ3v) is 5.67. The zero-order valence-electron chi connectivity index (χ0n) is 15.7. The highest BCUT2D eigenvalue weighted by Crippen LogP contribution is 2.39. The van der Waals surface area contributed by atoms with Gasteiger partial charge in [-0.3, -0.25) is 4.90 Å². The van der Waals surface area contributed by atoms with E-state index in [0.717, 1.165) is 57.7 Å². The van der Waals surface area contributed by atoms with Gasteiger partial charge in [-0.05, 0) is 44.9 Å². The second kappa shape index (κ2) is 7.98. The number of hydrogen-bond acceptors (Lipinski definition) is 6. The molecule has 6 heteroatoms. The predicted octanol–water partition coefficient (Wildman–Crippen LogP) is 2.30. The maximum Gasteiger partial charge on any atom is 0.222 e. The second-order valence-electron chi connectivity index (χ2n) is 7.98. The molecular weight excluding hydrogens is 316 g/mol. The van der Waals surface area contributed by atoms with Crippen molar-refractivity contribution in [3.05, 3.63) is 18.0 Å². The molecule has 1 aromatic heterocycles. The van der Waals surface area contributed by atoms with Crippen LogP contribution in [0.3, 0.4) is 0 Å². The van der Waals surface area contributed by atoms with Crippen LogP contribution in [-0.2, 0) is 11.3 Å². The Morgan fingerprint density at radius 3 is 2.60 bits per heavy atom. The van der Waals surface area contributed by atoms with Crippen molar-refractivity contribution in [2.24, 2.45) is 11.8 Å². The maximum atomic E-state index is 11.3. The zero-order chi connectivity index (χ0) is 17.9. The van der Waals surface area contributed by atoms with Crippen LogP contribution in [0.2, 0.25) is 0 Å². The first-order chi connectivity index (χ1) is 12.0. The lowest BCUT2D eigenvalue weighted by atomic mass is 9.70. The summed E-state index contributed by atoms with van der Waals surface area (Å²) >= 11 is 0. The summed E-state index contributed by atoms with van der Waals surface area (Å²) in [5.74, 6) is 1.33. The first kappa shape index (κ1) is 18.5. The van der Waals surface area contributed by atoms with Gasteiger partial charge in [0, 0.05) is 56.8 Å². The Hall–Kier alpha value is -1.24. The molecular formula is C19H32N4O2. The molecule has 0 saturated carbocycles. The highest BCUT2D eigenvalue weighted by atomic mass is 16.5. The van der Waals surface area contributed by atoms with E-state index < -0.39 is 5.60 Å². The summed E-state index contributed by atoms with van der Waals surface area (Å²) in [6.07, 6.45) is 6.62. The third-order valence-electron chi connectivity index (χ3n) is 5.67. The minimum absolute atomic E-state index is 0.271. The Morgan fingerprint density at radius 2 is 2.00 bits per heavy atom. The predicted molar refractivity (Wildman–Crippen MR) is 98.3 cm³/mol. The molecule has 6 nitrogen and oxygen atoms in total. The number of piperidine rings is 1. The highest BCUT2D eigenvalue weighted by Gasteiger charge is 2.45. The van der Waals surface area contributed by atoms with Gasteiger partial charge in [0.1, 0.15) is 0 Å². The summed E-state index contributed by atoms with van der Waals surface area (Å²) < 4.78 is 5.46. The number of aliphatic hydroxyl groups is 1. The van der Waals surface area contributed by atoms with Gasteiger partial charge in [0.2, 0.25) is 5.95 Å². The molecule has 0 spiro atoms. The summed E-state index contributed by atoms with van der Waals surface area (Å²) in [5.41, 5.74) is 0.583. The number of ether oxygens (including phenoxy) is 1. The van der Waals surface area contributed by atoms with Crippen LogP contribution in [-0.4, -0.2) is 57.9 Å². The molecule has 2 aliphatic heterocycles. The quantitative estimate of drug-likeness (QED) is 0.851. The molecule has 0 aromatic carbocycles. The van der Waals surface area contributed by atoms with Gasteiger partial charge in [0.15, 0.2) is 0 Å². The smallest absolute Gasteiger partial charge is 0.222 e. The fourth-order valence-corrected chi connectivity index (χ4v) is 4.20. The van der Waals surface area contributed by atoms with Crippen molar-refractivity contribution in [1.82, 2.24) is 14.9 Å². The number of nitrogens with one attached hydrogen (secondary N) is 1. The number of anilines is 1. The first-order valence-electron chi connectivity index (χ1n) is 9.57. The molecule has 0 amide bonds. The molecule has 25 heavy (non-hydrogen) atoms. The molecule has 0 aliphatic carbocycles. The lowest BCUT2D eigenvalue weighted by molar-refractivity contribution is -0.131. The molecule has 2 fully saturated rings. The Balaban J connectivity index is 1.55. The number of nitrogens with zero attached hydrogens (tertiary/aromatic N) is 3. The van der Waals surface area contributed by atoms with E-state index in [-0.39, 0.29) is 5.92 Å². The van der Waals surface area contributed by atoms with E-state index in [1.54, 1.807) is 0 Å². The highest BCUT2D eigenvalue weighted by molar-refractivity contribution is 5.25. The van der Waals surface area contributed by atoms with Crippen molar-refractivity contribution in [1.29, 1.82) is 0 Å². The topological polar surface area (TPSA) is 70.5 Å². The Labute approximate surface area is 151 Å². The van der Waals surface area contributed by atoms with E-state index in [2.05, 4.69) is 41.0 Å². The van der Waals surface area contributed by atoms with E-state index >= 15 is 0 Å². The summed E-state index contributed by atoms with van der Waals surface area (Å²) in [4.78, 5) is 11.2. The molecule has 2 aliphatic rings. The molecule has 2 atom stereocenters. The van der Waals surface area contributed by atoms with Crippen LogP contribution >= 0.6 is 0 Å². The fourth-order valence-electron chi connectivity index (χ4n) is 4.20. The van der Waals surface area contributed by atoms with Gasteiger partial charge < -0.3 is 15.2 Å². The maximum absolute atomic E-state index is 11.3. The van der Waals surface area contributed by atoms with E-state index in [0.29, 0.717) is 17.9 Å². The van der Waals surface area contributed by atoms with E-state index in [1.165, 1.54) is 0 Å². The van der Waals surface area contributed by atoms with Crippen LogP contribution in [0.15, 0.2) is 12.4 Å². The van der Waals surface area contributed by atoms with Crippen LogP contribution in [0.25, 0.3) is 0 Å². The van der Waals surface area contributed by atoms with Gasteiger partial charge in [-0.25, -0.2) is 9.97 Å². The molecule has 140 valence electrons. The zero-order valence-corrected chi connectivity index (χ0v) is 15.7. The van der Waals surface area contributed by atoms with E-state index in [9.17, 15) is 5.11 Å². The van der Waals surface area contributed by atoms with Crippen LogP contribution in [0, 0.1) is 11.8 Å². The number of likely N-dealkylation sites (tertiary alicyclic amines) is 1. The number of aromatic nitrogens is 2. The van der Waals surface area contributed by atoms with Crippen LogP contribution < -0.4 is 5.32 Å². The van der Waals surface area contributed by atoms with E-state index in [1.807, 2.05) is 12.4 Å². The molecule has 2 N–H and O–H groups in total. The fraction of sp³-hybridized carbons (Fsp3) is 0.789. The average molecular weight is 348 g/mol. The van der Waals surface area contributed by atoms with Crippen molar-refractivity contribution in [3.63, 3.8) is 0 Å².